The van der Waals surface area contributed by atoms with Crippen molar-refractivity contribution in [1.82, 2.24) is 0 Å². The SMILES string of the molecule is CCOc1ccc([C@@H](N)C2CC2)cc1. The van der Waals surface area contributed by atoms with E-state index in [-0.39, 0.29) is 6.04 Å². The molecule has 0 heterocycles. The van der Waals surface area contributed by atoms with Crippen LogP contribution in [0.4, 0.5) is 0 Å². The summed E-state index contributed by atoms with van der Waals surface area (Å²) in [5.41, 5.74) is 7.32. The molecule has 1 aromatic carbocycles. The van der Waals surface area contributed by atoms with Gasteiger partial charge >= 0.3 is 0 Å². The van der Waals surface area contributed by atoms with Gasteiger partial charge in [0.15, 0.2) is 0 Å². The summed E-state index contributed by atoms with van der Waals surface area (Å²) >= 11 is 0. The van der Waals surface area contributed by atoms with Crippen molar-refractivity contribution in [1.29, 1.82) is 0 Å². The predicted octanol–water partition coefficient (Wildman–Crippen LogP) is 2.50. The van der Waals surface area contributed by atoms with Crippen molar-refractivity contribution < 1.29 is 4.74 Å². The van der Waals surface area contributed by atoms with Crippen LogP contribution in [-0.4, -0.2) is 6.61 Å². The minimum atomic E-state index is 0.227. The lowest BCUT2D eigenvalue weighted by Gasteiger charge is -2.11. The first-order valence-corrected chi connectivity index (χ1v) is 5.29. The van der Waals surface area contributed by atoms with E-state index in [1.165, 1.54) is 18.4 Å². The average molecular weight is 191 g/mol. The molecule has 76 valence electrons. The largest absolute Gasteiger partial charge is 0.494 e. The lowest BCUT2D eigenvalue weighted by molar-refractivity contribution is 0.340. The minimum Gasteiger partial charge on any atom is -0.494 e. The van der Waals surface area contributed by atoms with E-state index in [0.717, 1.165) is 5.75 Å². The predicted molar refractivity (Wildman–Crippen MR) is 57.3 cm³/mol. The normalized spacial score (nSPS) is 17.9. The summed E-state index contributed by atoms with van der Waals surface area (Å²) in [6.07, 6.45) is 2.57. The van der Waals surface area contributed by atoms with E-state index < -0.39 is 0 Å². The number of hydrogen-bond donors (Lipinski definition) is 1. The topological polar surface area (TPSA) is 35.2 Å². The van der Waals surface area contributed by atoms with Crippen LogP contribution in [0.2, 0.25) is 0 Å². The van der Waals surface area contributed by atoms with Crippen LogP contribution in [-0.2, 0) is 0 Å². The molecular formula is C12H17NO. The second-order valence-electron chi connectivity index (χ2n) is 3.87. The summed E-state index contributed by atoms with van der Waals surface area (Å²) in [5.74, 6) is 1.65. The highest BCUT2D eigenvalue weighted by Crippen LogP contribution is 2.39. The maximum Gasteiger partial charge on any atom is 0.119 e. The molecule has 1 saturated carbocycles. The number of hydrogen-bond acceptors (Lipinski definition) is 2. The Kier molecular flexibility index (Phi) is 2.73. The third kappa shape index (κ3) is 2.07. The molecule has 2 heteroatoms. The molecule has 0 spiro atoms. The summed E-state index contributed by atoms with van der Waals surface area (Å²) in [5, 5.41) is 0. The van der Waals surface area contributed by atoms with Gasteiger partial charge in [-0.05, 0) is 43.4 Å². The first-order valence-electron chi connectivity index (χ1n) is 5.29. The molecule has 0 unspecified atom stereocenters. The molecule has 0 saturated heterocycles. The van der Waals surface area contributed by atoms with Gasteiger partial charge in [0.05, 0.1) is 6.61 Å². The minimum absolute atomic E-state index is 0.227. The zero-order chi connectivity index (χ0) is 9.97. The van der Waals surface area contributed by atoms with Crippen LogP contribution >= 0.6 is 0 Å². The first kappa shape index (κ1) is 9.53. The number of benzene rings is 1. The van der Waals surface area contributed by atoms with Gasteiger partial charge in [0.2, 0.25) is 0 Å². The number of ether oxygens (including phenoxy) is 1. The Hall–Kier alpha value is -1.02. The highest BCUT2D eigenvalue weighted by Gasteiger charge is 2.29. The van der Waals surface area contributed by atoms with Crippen molar-refractivity contribution in [2.24, 2.45) is 11.7 Å². The lowest BCUT2D eigenvalue weighted by atomic mass is 10.0. The Balaban J connectivity index is 2.04. The highest BCUT2D eigenvalue weighted by molar-refractivity contribution is 5.29. The monoisotopic (exact) mass is 191 g/mol. The molecule has 14 heavy (non-hydrogen) atoms. The van der Waals surface area contributed by atoms with E-state index >= 15 is 0 Å². The van der Waals surface area contributed by atoms with Crippen molar-refractivity contribution in [3.63, 3.8) is 0 Å². The van der Waals surface area contributed by atoms with Crippen molar-refractivity contribution in [2.45, 2.75) is 25.8 Å². The Morgan fingerprint density at radius 1 is 1.36 bits per heavy atom. The van der Waals surface area contributed by atoms with E-state index in [1.54, 1.807) is 0 Å². The van der Waals surface area contributed by atoms with Gasteiger partial charge in [-0.15, -0.1) is 0 Å². The Morgan fingerprint density at radius 2 is 2.00 bits per heavy atom. The average Bonchev–Trinajstić information content (AvgIpc) is 3.02. The van der Waals surface area contributed by atoms with Crippen LogP contribution < -0.4 is 10.5 Å². The van der Waals surface area contributed by atoms with Crippen LogP contribution in [0.3, 0.4) is 0 Å². The van der Waals surface area contributed by atoms with Crippen LogP contribution in [0.25, 0.3) is 0 Å². The molecule has 0 amide bonds. The molecule has 1 fully saturated rings. The third-order valence-electron chi connectivity index (χ3n) is 2.71. The maximum absolute atomic E-state index is 6.08. The first-order chi connectivity index (χ1) is 6.81. The van der Waals surface area contributed by atoms with Gasteiger partial charge in [-0.2, -0.15) is 0 Å². The van der Waals surface area contributed by atoms with Gasteiger partial charge in [0, 0.05) is 6.04 Å². The zero-order valence-corrected chi connectivity index (χ0v) is 8.57. The van der Waals surface area contributed by atoms with Crippen LogP contribution in [0, 0.1) is 5.92 Å². The van der Waals surface area contributed by atoms with E-state index in [0.29, 0.717) is 12.5 Å². The van der Waals surface area contributed by atoms with Gasteiger partial charge in [-0.25, -0.2) is 0 Å². The van der Waals surface area contributed by atoms with Gasteiger partial charge in [-0.1, -0.05) is 12.1 Å². The Labute approximate surface area is 85.1 Å². The third-order valence-corrected chi connectivity index (χ3v) is 2.71. The number of nitrogens with two attached hydrogens (primary N) is 1. The maximum atomic E-state index is 6.08. The summed E-state index contributed by atoms with van der Waals surface area (Å²) in [6, 6.07) is 8.38. The standard InChI is InChI=1S/C12H17NO/c1-2-14-11-7-5-10(6-8-11)12(13)9-3-4-9/h5-9,12H,2-4,13H2,1H3/t12-/m0/s1. The Morgan fingerprint density at radius 3 is 2.50 bits per heavy atom. The fourth-order valence-corrected chi connectivity index (χ4v) is 1.68. The summed E-state index contributed by atoms with van der Waals surface area (Å²) in [4.78, 5) is 0. The quantitative estimate of drug-likeness (QED) is 0.793. The second-order valence-corrected chi connectivity index (χ2v) is 3.87. The molecule has 0 aromatic heterocycles. The highest BCUT2D eigenvalue weighted by atomic mass is 16.5. The van der Waals surface area contributed by atoms with Gasteiger partial charge in [0.25, 0.3) is 0 Å². The molecule has 1 aromatic rings. The van der Waals surface area contributed by atoms with Crippen molar-refractivity contribution in [2.75, 3.05) is 6.61 Å². The van der Waals surface area contributed by atoms with E-state index in [4.69, 9.17) is 10.5 Å². The molecule has 1 aliphatic rings. The fraction of sp³-hybridized carbons (Fsp3) is 0.500. The molecule has 2 N–H and O–H groups in total. The van der Waals surface area contributed by atoms with Crippen molar-refractivity contribution in [3.05, 3.63) is 29.8 Å². The summed E-state index contributed by atoms with van der Waals surface area (Å²) in [7, 11) is 0. The summed E-state index contributed by atoms with van der Waals surface area (Å²) < 4.78 is 5.38. The van der Waals surface area contributed by atoms with Crippen LogP contribution in [0.15, 0.2) is 24.3 Å². The van der Waals surface area contributed by atoms with Crippen molar-refractivity contribution in [3.8, 4) is 5.75 Å². The zero-order valence-electron chi connectivity index (χ0n) is 8.57. The molecule has 0 aliphatic heterocycles. The van der Waals surface area contributed by atoms with Gasteiger partial charge in [-0.3, -0.25) is 0 Å². The second kappa shape index (κ2) is 4.01. The molecule has 2 rings (SSSR count). The smallest absolute Gasteiger partial charge is 0.119 e. The van der Waals surface area contributed by atoms with Crippen molar-refractivity contribution >= 4 is 0 Å². The molecular weight excluding hydrogens is 174 g/mol. The van der Waals surface area contributed by atoms with Crippen LogP contribution in [0.1, 0.15) is 31.4 Å². The molecule has 1 aliphatic carbocycles. The number of rotatable bonds is 4. The molecule has 0 bridgehead atoms. The molecule has 0 radical (unpaired) electrons. The van der Waals surface area contributed by atoms with E-state index in [9.17, 15) is 0 Å². The Bertz CT molecular complexity index is 290. The van der Waals surface area contributed by atoms with Crippen LogP contribution in [0.5, 0.6) is 5.75 Å². The lowest BCUT2D eigenvalue weighted by Crippen LogP contribution is -2.11. The van der Waals surface area contributed by atoms with Gasteiger partial charge in [0.1, 0.15) is 5.75 Å². The fourth-order valence-electron chi connectivity index (χ4n) is 1.68. The summed E-state index contributed by atoms with van der Waals surface area (Å²) in [6.45, 7) is 2.71. The molecule has 2 nitrogen and oxygen atoms in total. The molecule has 1 atom stereocenters. The van der Waals surface area contributed by atoms with E-state index in [2.05, 4.69) is 12.1 Å². The van der Waals surface area contributed by atoms with Gasteiger partial charge < -0.3 is 10.5 Å². The van der Waals surface area contributed by atoms with E-state index in [1.807, 2.05) is 19.1 Å².